The Kier molecular flexibility index (Phi) is 4.36. The lowest BCUT2D eigenvalue weighted by atomic mass is 10.0. The molecule has 0 unspecified atom stereocenters. The highest BCUT2D eigenvalue weighted by Crippen LogP contribution is 2.33. The molecule has 2 N–H and O–H groups in total. The molecule has 140 valence electrons. The highest BCUT2D eigenvalue weighted by molar-refractivity contribution is 6.34. The first-order chi connectivity index (χ1) is 13.0. The SMILES string of the molecule is Cc1[nH]c(/C=C2\C(=O)Nc3ccccc32)c(C)c1C(=O)N1CCN(C)CC1. The fourth-order valence-corrected chi connectivity index (χ4v) is 3.83. The molecule has 0 atom stereocenters. The second-order valence-electron chi connectivity index (χ2n) is 7.32. The van der Waals surface area contributed by atoms with E-state index >= 15 is 0 Å². The number of fused-ring (bicyclic) bond motifs is 1. The van der Waals surface area contributed by atoms with Gasteiger partial charge in [0.1, 0.15) is 0 Å². The Morgan fingerprint density at radius 1 is 1.11 bits per heavy atom. The molecule has 3 heterocycles. The van der Waals surface area contributed by atoms with Gasteiger partial charge in [0.05, 0.1) is 11.1 Å². The van der Waals surface area contributed by atoms with E-state index in [4.69, 9.17) is 0 Å². The van der Waals surface area contributed by atoms with E-state index in [0.29, 0.717) is 5.57 Å². The average Bonchev–Trinajstić information content (AvgIpc) is 3.11. The quantitative estimate of drug-likeness (QED) is 0.805. The van der Waals surface area contributed by atoms with Crippen LogP contribution in [0.1, 0.15) is 32.9 Å². The van der Waals surface area contributed by atoms with Gasteiger partial charge in [-0.1, -0.05) is 18.2 Å². The van der Waals surface area contributed by atoms with Gasteiger partial charge in [-0.2, -0.15) is 0 Å². The van der Waals surface area contributed by atoms with Crippen LogP contribution in [0.5, 0.6) is 0 Å². The number of rotatable bonds is 2. The molecule has 0 radical (unpaired) electrons. The Morgan fingerprint density at radius 3 is 2.56 bits per heavy atom. The highest BCUT2D eigenvalue weighted by Gasteiger charge is 2.27. The molecule has 2 aromatic rings. The molecular weight excluding hydrogens is 340 g/mol. The van der Waals surface area contributed by atoms with E-state index in [1.165, 1.54) is 0 Å². The Labute approximate surface area is 158 Å². The number of nitrogens with one attached hydrogen (secondary N) is 2. The Morgan fingerprint density at radius 2 is 1.81 bits per heavy atom. The number of aryl methyl sites for hydroxylation is 1. The Bertz CT molecular complexity index is 949. The van der Waals surface area contributed by atoms with Gasteiger partial charge in [-0.05, 0) is 38.6 Å². The number of H-pyrrole nitrogens is 1. The van der Waals surface area contributed by atoms with Crippen molar-refractivity contribution >= 4 is 29.2 Å². The van der Waals surface area contributed by atoms with Crippen molar-refractivity contribution in [1.29, 1.82) is 0 Å². The molecule has 2 aliphatic rings. The third-order valence-electron chi connectivity index (χ3n) is 5.48. The lowest BCUT2D eigenvalue weighted by Gasteiger charge is -2.32. The Hall–Kier alpha value is -2.86. The van der Waals surface area contributed by atoms with Crippen LogP contribution >= 0.6 is 0 Å². The summed E-state index contributed by atoms with van der Waals surface area (Å²) in [4.78, 5) is 32.9. The zero-order valence-electron chi connectivity index (χ0n) is 15.9. The second-order valence-corrected chi connectivity index (χ2v) is 7.32. The van der Waals surface area contributed by atoms with Crippen LogP contribution in [-0.4, -0.2) is 59.8 Å². The van der Waals surface area contributed by atoms with E-state index in [2.05, 4.69) is 22.2 Å². The van der Waals surface area contributed by atoms with Gasteiger partial charge in [0.25, 0.3) is 11.8 Å². The van der Waals surface area contributed by atoms with Crippen LogP contribution in [0.2, 0.25) is 0 Å². The molecule has 0 spiro atoms. The zero-order valence-corrected chi connectivity index (χ0v) is 15.9. The maximum absolute atomic E-state index is 13.0. The van der Waals surface area contributed by atoms with Crippen LogP contribution in [0.15, 0.2) is 24.3 Å². The summed E-state index contributed by atoms with van der Waals surface area (Å²) >= 11 is 0. The molecule has 1 aromatic heterocycles. The lowest BCUT2D eigenvalue weighted by Crippen LogP contribution is -2.47. The van der Waals surface area contributed by atoms with E-state index in [0.717, 1.165) is 59.9 Å². The fourth-order valence-electron chi connectivity index (χ4n) is 3.83. The number of amides is 2. The van der Waals surface area contributed by atoms with Gasteiger partial charge >= 0.3 is 0 Å². The lowest BCUT2D eigenvalue weighted by molar-refractivity contribution is -0.110. The number of nitrogens with zero attached hydrogens (tertiary/aromatic N) is 2. The van der Waals surface area contributed by atoms with Crippen molar-refractivity contribution in [1.82, 2.24) is 14.8 Å². The Balaban J connectivity index is 1.68. The summed E-state index contributed by atoms with van der Waals surface area (Å²) in [5, 5.41) is 2.89. The van der Waals surface area contributed by atoms with Gasteiger partial charge in [-0.25, -0.2) is 0 Å². The fraction of sp³-hybridized carbons (Fsp3) is 0.333. The normalized spacial score (nSPS) is 18.7. The third kappa shape index (κ3) is 3.06. The molecule has 1 saturated heterocycles. The van der Waals surface area contributed by atoms with Crippen LogP contribution in [-0.2, 0) is 4.79 Å². The number of hydrogen-bond donors (Lipinski definition) is 2. The van der Waals surface area contributed by atoms with E-state index in [1.807, 2.05) is 49.1 Å². The number of para-hydroxylation sites is 1. The van der Waals surface area contributed by atoms with Gasteiger partial charge < -0.3 is 20.1 Å². The number of carbonyl (C=O) groups is 2. The van der Waals surface area contributed by atoms with E-state index < -0.39 is 0 Å². The maximum atomic E-state index is 13.0. The van der Waals surface area contributed by atoms with Crippen molar-refractivity contribution < 1.29 is 9.59 Å². The van der Waals surface area contributed by atoms with Crippen molar-refractivity contribution in [3.8, 4) is 0 Å². The largest absolute Gasteiger partial charge is 0.358 e. The topological polar surface area (TPSA) is 68.4 Å². The van der Waals surface area contributed by atoms with Crippen LogP contribution in [0.3, 0.4) is 0 Å². The average molecular weight is 364 g/mol. The monoisotopic (exact) mass is 364 g/mol. The molecule has 2 amide bonds. The van der Waals surface area contributed by atoms with Crippen molar-refractivity contribution in [2.45, 2.75) is 13.8 Å². The predicted molar refractivity (Wildman–Crippen MR) is 107 cm³/mol. The summed E-state index contributed by atoms with van der Waals surface area (Å²) in [6, 6.07) is 7.64. The summed E-state index contributed by atoms with van der Waals surface area (Å²) < 4.78 is 0. The summed E-state index contributed by atoms with van der Waals surface area (Å²) in [5.74, 6) is -0.0509. The standard InChI is InChI=1S/C21H24N4O2/c1-13-18(12-16-15-6-4-5-7-17(15)23-20(16)26)22-14(2)19(13)21(27)25-10-8-24(3)9-11-25/h4-7,12,22H,8-11H2,1-3H3,(H,23,26)/b16-12-. The van der Waals surface area contributed by atoms with E-state index in [-0.39, 0.29) is 11.8 Å². The van der Waals surface area contributed by atoms with E-state index in [1.54, 1.807) is 0 Å². The van der Waals surface area contributed by atoms with Crippen molar-refractivity contribution in [3.05, 3.63) is 52.3 Å². The number of aromatic amines is 1. The third-order valence-corrected chi connectivity index (χ3v) is 5.48. The second kappa shape index (κ2) is 6.70. The number of anilines is 1. The number of likely N-dealkylation sites (N-methyl/N-ethyl adjacent to an activating group) is 1. The molecular formula is C21H24N4O2. The minimum atomic E-state index is -0.116. The first-order valence-corrected chi connectivity index (χ1v) is 9.25. The number of aromatic nitrogens is 1. The van der Waals surface area contributed by atoms with Gasteiger partial charge in [0.15, 0.2) is 0 Å². The molecule has 1 aromatic carbocycles. The molecule has 27 heavy (non-hydrogen) atoms. The smallest absolute Gasteiger partial charge is 0.256 e. The minimum absolute atomic E-state index is 0.0651. The van der Waals surface area contributed by atoms with Crippen LogP contribution in [0, 0.1) is 13.8 Å². The van der Waals surface area contributed by atoms with Crippen LogP contribution in [0.4, 0.5) is 5.69 Å². The number of benzene rings is 1. The van der Waals surface area contributed by atoms with Gasteiger partial charge in [-0.3, -0.25) is 9.59 Å². The van der Waals surface area contributed by atoms with Crippen LogP contribution < -0.4 is 5.32 Å². The molecule has 6 heteroatoms. The summed E-state index contributed by atoms with van der Waals surface area (Å²) in [5.41, 5.74) is 5.60. The van der Waals surface area contributed by atoms with Gasteiger partial charge in [0, 0.05) is 48.8 Å². The first kappa shape index (κ1) is 17.5. The summed E-state index contributed by atoms with van der Waals surface area (Å²) in [6.07, 6.45) is 1.85. The molecule has 6 nitrogen and oxygen atoms in total. The van der Waals surface area contributed by atoms with Gasteiger partial charge in [0.2, 0.25) is 0 Å². The highest BCUT2D eigenvalue weighted by atomic mass is 16.2. The maximum Gasteiger partial charge on any atom is 0.256 e. The summed E-state index contributed by atoms with van der Waals surface area (Å²) in [6.45, 7) is 7.13. The predicted octanol–water partition coefficient (Wildman–Crippen LogP) is 2.51. The molecule has 1 fully saturated rings. The molecule has 0 bridgehead atoms. The number of piperazine rings is 1. The van der Waals surface area contributed by atoms with Crippen molar-refractivity contribution in [2.75, 3.05) is 38.5 Å². The number of hydrogen-bond acceptors (Lipinski definition) is 3. The van der Waals surface area contributed by atoms with E-state index in [9.17, 15) is 9.59 Å². The molecule has 0 aliphatic carbocycles. The first-order valence-electron chi connectivity index (χ1n) is 9.25. The van der Waals surface area contributed by atoms with Crippen molar-refractivity contribution in [2.24, 2.45) is 0 Å². The summed E-state index contributed by atoms with van der Waals surface area (Å²) in [7, 11) is 2.07. The number of carbonyl (C=O) groups excluding carboxylic acids is 2. The molecule has 2 aliphatic heterocycles. The minimum Gasteiger partial charge on any atom is -0.358 e. The van der Waals surface area contributed by atoms with Crippen molar-refractivity contribution in [3.63, 3.8) is 0 Å². The molecule has 4 rings (SSSR count). The zero-order chi connectivity index (χ0) is 19.1. The van der Waals surface area contributed by atoms with Crippen LogP contribution in [0.25, 0.3) is 11.6 Å². The van der Waals surface area contributed by atoms with Gasteiger partial charge in [-0.15, -0.1) is 0 Å². The molecule has 0 saturated carbocycles.